The SMILES string of the molecule is O=C(NCc1ccc(-c2nc3ncccc3o2)cc1)c1cccc2c(Cl)cccc12. The van der Waals surface area contributed by atoms with Crippen LogP contribution < -0.4 is 5.32 Å². The van der Waals surface area contributed by atoms with Crippen LogP contribution in [0.1, 0.15) is 15.9 Å². The molecule has 146 valence electrons. The van der Waals surface area contributed by atoms with E-state index in [4.69, 9.17) is 16.0 Å². The van der Waals surface area contributed by atoms with E-state index in [0.29, 0.717) is 34.3 Å². The normalized spacial score (nSPS) is 11.1. The lowest BCUT2D eigenvalue weighted by Gasteiger charge is -2.09. The minimum atomic E-state index is -0.142. The number of nitrogens with one attached hydrogen (secondary N) is 1. The summed E-state index contributed by atoms with van der Waals surface area (Å²) >= 11 is 6.25. The van der Waals surface area contributed by atoms with Crippen LogP contribution >= 0.6 is 11.6 Å². The Hall–Kier alpha value is -3.70. The molecule has 5 nitrogen and oxygen atoms in total. The number of benzene rings is 3. The van der Waals surface area contributed by atoms with Crippen molar-refractivity contribution in [1.82, 2.24) is 15.3 Å². The molecule has 2 aromatic heterocycles. The lowest BCUT2D eigenvalue weighted by Crippen LogP contribution is -2.23. The van der Waals surface area contributed by atoms with E-state index in [1.165, 1.54) is 0 Å². The highest BCUT2D eigenvalue weighted by atomic mass is 35.5. The Morgan fingerprint density at radius 2 is 1.73 bits per heavy atom. The summed E-state index contributed by atoms with van der Waals surface area (Å²) in [5, 5.41) is 5.31. The predicted octanol–water partition coefficient (Wildman–Crippen LogP) is 5.63. The van der Waals surface area contributed by atoms with Crippen LogP contribution in [0.25, 0.3) is 33.5 Å². The number of carbonyl (C=O) groups excluding carboxylic acids is 1. The first-order chi connectivity index (χ1) is 14.7. The molecule has 0 radical (unpaired) electrons. The largest absolute Gasteiger partial charge is 0.434 e. The van der Waals surface area contributed by atoms with Gasteiger partial charge >= 0.3 is 0 Å². The van der Waals surface area contributed by atoms with Gasteiger partial charge in [0.1, 0.15) is 0 Å². The molecular formula is C24H16ClN3O2. The highest BCUT2D eigenvalue weighted by Crippen LogP contribution is 2.26. The Morgan fingerprint density at radius 1 is 0.933 bits per heavy atom. The number of oxazole rings is 1. The van der Waals surface area contributed by atoms with Gasteiger partial charge in [-0.15, -0.1) is 0 Å². The van der Waals surface area contributed by atoms with Crippen molar-refractivity contribution < 1.29 is 9.21 Å². The van der Waals surface area contributed by atoms with Crippen molar-refractivity contribution in [3.8, 4) is 11.5 Å². The number of pyridine rings is 1. The number of amides is 1. The van der Waals surface area contributed by atoms with Crippen LogP contribution in [-0.2, 0) is 6.54 Å². The molecule has 1 amide bonds. The molecule has 0 aliphatic heterocycles. The summed E-state index contributed by atoms with van der Waals surface area (Å²) < 4.78 is 5.75. The summed E-state index contributed by atoms with van der Waals surface area (Å²) in [6, 6.07) is 22.5. The van der Waals surface area contributed by atoms with E-state index < -0.39 is 0 Å². The molecule has 0 saturated heterocycles. The number of hydrogen-bond donors (Lipinski definition) is 1. The van der Waals surface area contributed by atoms with Crippen LogP contribution in [0.3, 0.4) is 0 Å². The van der Waals surface area contributed by atoms with Crippen LogP contribution in [0.5, 0.6) is 0 Å². The Kier molecular flexibility index (Phi) is 4.65. The third-order valence-corrected chi connectivity index (χ3v) is 5.26. The van der Waals surface area contributed by atoms with Gasteiger partial charge in [-0.3, -0.25) is 4.79 Å². The molecule has 30 heavy (non-hydrogen) atoms. The van der Waals surface area contributed by atoms with Crippen LogP contribution in [0.15, 0.2) is 83.4 Å². The molecule has 5 aromatic rings. The van der Waals surface area contributed by atoms with Crippen molar-refractivity contribution in [2.45, 2.75) is 6.54 Å². The molecule has 3 aromatic carbocycles. The van der Waals surface area contributed by atoms with E-state index in [2.05, 4.69) is 15.3 Å². The fourth-order valence-corrected chi connectivity index (χ4v) is 3.64. The van der Waals surface area contributed by atoms with Crippen LogP contribution in [-0.4, -0.2) is 15.9 Å². The number of carbonyl (C=O) groups is 1. The molecule has 5 rings (SSSR count). The highest BCUT2D eigenvalue weighted by molar-refractivity contribution is 6.36. The van der Waals surface area contributed by atoms with Crippen LogP contribution in [0, 0.1) is 0 Å². The molecule has 0 aliphatic rings. The number of rotatable bonds is 4. The second-order valence-electron chi connectivity index (χ2n) is 6.86. The zero-order valence-electron chi connectivity index (χ0n) is 15.8. The van der Waals surface area contributed by atoms with Gasteiger partial charge in [0.2, 0.25) is 5.89 Å². The molecule has 6 heteroatoms. The second kappa shape index (κ2) is 7.61. The molecule has 0 spiro atoms. The van der Waals surface area contributed by atoms with Crippen LogP contribution in [0.2, 0.25) is 5.02 Å². The standard InChI is InChI=1S/C24H16ClN3O2/c25-20-7-2-4-17-18(20)5-1-6-19(17)23(29)27-14-15-9-11-16(12-10-15)24-28-22-21(30-24)8-3-13-26-22/h1-13H,14H2,(H,27,29). The third kappa shape index (κ3) is 3.40. The van der Waals surface area contributed by atoms with Gasteiger partial charge in [0, 0.05) is 34.3 Å². The fraction of sp³-hybridized carbons (Fsp3) is 0.0417. The van der Waals surface area contributed by atoms with Crippen LogP contribution in [0.4, 0.5) is 0 Å². The van der Waals surface area contributed by atoms with Crippen molar-refractivity contribution >= 4 is 39.5 Å². The summed E-state index contributed by atoms with van der Waals surface area (Å²) in [7, 11) is 0. The average Bonchev–Trinajstić information content (AvgIpc) is 3.22. The van der Waals surface area contributed by atoms with Crippen molar-refractivity contribution in [2.75, 3.05) is 0 Å². The maximum absolute atomic E-state index is 12.7. The lowest BCUT2D eigenvalue weighted by molar-refractivity contribution is 0.0952. The maximum atomic E-state index is 12.7. The number of nitrogens with zero attached hydrogens (tertiary/aromatic N) is 2. The quantitative estimate of drug-likeness (QED) is 0.414. The van der Waals surface area contributed by atoms with E-state index in [9.17, 15) is 4.79 Å². The van der Waals surface area contributed by atoms with Gasteiger partial charge in [-0.1, -0.05) is 48.0 Å². The molecule has 0 saturated carbocycles. The first kappa shape index (κ1) is 18.3. The number of halogens is 1. The summed E-state index contributed by atoms with van der Waals surface area (Å²) in [4.78, 5) is 21.3. The van der Waals surface area contributed by atoms with Crippen molar-refractivity contribution in [1.29, 1.82) is 0 Å². The zero-order valence-corrected chi connectivity index (χ0v) is 16.6. The molecular weight excluding hydrogens is 398 g/mol. The lowest BCUT2D eigenvalue weighted by atomic mass is 10.0. The third-order valence-electron chi connectivity index (χ3n) is 4.93. The molecule has 1 N–H and O–H groups in total. The summed E-state index contributed by atoms with van der Waals surface area (Å²) in [6.07, 6.45) is 1.68. The number of hydrogen-bond acceptors (Lipinski definition) is 4. The molecule has 2 heterocycles. The first-order valence-electron chi connectivity index (χ1n) is 9.45. The van der Waals surface area contributed by atoms with Gasteiger partial charge in [0.05, 0.1) is 0 Å². The van der Waals surface area contributed by atoms with Crippen molar-refractivity contribution in [3.63, 3.8) is 0 Å². The van der Waals surface area contributed by atoms with E-state index >= 15 is 0 Å². The predicted molar refractivity (Wildman–Crippen MR) is 117 cm³/mol. The summed E-state index contributed by atoms with van der Waals surface area (Å²) in [6.45, 7) is 0.408. The van der Waals surface area contributed by atoms with Gasteiger partial charge in [0.25, 0.3) is 5.91 Å². The number of fused-ring (bicyclic) bond motifs is 2. The Morgan fingerprint density at radius 3 is 2.57 bits per heavy atom. The van der Waals surface area contributed by atoms with E-state index in [1.54, 1.807) is 12.3 Å². The number of aromatic nitrogens is 2. The van der Waals surface area contributed by atoms with Gasteiger partial charge in [-0.25, -0.2) is 4.98 Å². The summed E-state index contributed by atoms with van der Waals surface area (Å²) in [5.74, 6) is 0.379. The van der Waals surface area contributed by atoms with Crippen molar-refractivity contribution in [3.05, 3.63) is 95.1 Å². The summed E-state index contributed by atoms with van der Waals surface area (Å²) in [5.41, 5.74) is 3.66. The zero-order chi connectivity index (χ0) is 20.5. The van der Waals surface area contributed by atoms with E-state index in [1.807, 2.05) is 66.7 Å². The molecule has 0 atom stereocenters. The van der Waals surface area contributed by atoms with Gasteiger partial charge in [-0.2, -0.15) is 4.98 Å². The van der Waals surface area contributed by atoms with E-state index in [0.717, 1.165) is 21.9 Å². The monoisotopic (exact) mass is 413 g/mol. The fourth-order valence-electron chi connectivity index (χ4n) is 3.40. The van der Waals surface area contributed by atoms with Crippen molar-refractivity contribution in [2.24, 2.45) is 0 Å². The second-order valence-corrected chi connectivity index (χ2v) is 7.27. The topological polar surface area (TPSA) is 68.0 Å². The Labute approximate surface area is 177 Å². The molecule has 0 fully saturated rings. The highest BCUT2D eigenvalue weighted by Gasteiger charge is 2.12. The van der Waals surface area contributed by atoms with Gasteiger partial charge in [0.15, 0.2) is 11.2 Å². The first-order valence-corrected chi connectivity index (χ1v) is 9.83. The molecule has 0 aliphatic carbocycles. The van der Waals surface area contributed by atoms with Gasteiger partial charge < -0.3 is 9.73 Å². The maximum Gasteiger partial charge on any atom is 0.252 e. The minimum Gasteiger partial charge on any atom is -0.434 e. The van der Waals surface area contributed by atoms with Gasteiger partial charge in [-0.05, 0) is 47.3 Å². The minimum absolute atomic E-state index is 0.142. The molecule has 0 unspecified atom stereocenters. The van der Waals surface area contributed by atoms with E-state index in [-0.39, 0.29) is 5.91 Å². The Balaban J connectivity index is 1.32. The molecule has 0 bridgehead atoms. The Bertz CT molecular complexity index is 1340. The average molecular weight is 414 g/mol. The smallest absolute Gasteiger partial charge is 0.252 e.